The van der Waals surface area contributed by atoms with Crippen LogP contribution in [0.4, 0.5) is 5.82 Å². The molecule has 2 saturated heterocycles. The van der Waals surface area contributed by atoms with Gasteiger partial charge in [0.25, 0.3) is 0 Å². The van der Waals surface area contributed by atoms with Crippen LogP contribution in [0.5, 0.6) is 0 Å². The van der Waals surface area contributed by atoms with Gasteiger partial charge in [0.2, 0.25) is 0 Å². The third-order valence-electron chi connectivity index (χ3n) is 7.45. The first-order chi connectivity index (χ1) is 22.9. The number of rotatable bonds is 20. The number of ether oxygens (including phenoxy) is 5. The van der Waals surface area contributed by atoms with Gasteiger partial charge < -0.3 is 58.0 Å². The lowest BCUT2D eigenvalue weighted by molar-refractivity contribution is -0.0541. The second kappa shape index (κ2) is 18.2. The lowest BCUT2D eigenvalue weighted by atomic mass is 10.1. The highest BCUT2D eigenvalue weighted by Gasteiger charge is 2.46. The molecular formula is C27H44N6O13P2. The van der Waals surface area contributed by atoms with E-state index >= 15 is 0 Å². The van der Waals surface area contributed by atoms with Crippen LogP contribution in [-0.4, -0.2) is 166 Å². The molecule has 5 atom stereocenters. The number of hydrogen-bond donors (Lipinski definition) is 5. The molecule has 0 bridgehead atoms. The van der Waals surface area contributed by atoms with Crippen LogP contribution in [0.15, 0.2) is 6.20 Å². The molecule has 0 aromatic carbocycles. The molecule has 0 saturated carbocycles. The van der Waals surface area contributed by atoms with Crippen LogP contribution in [0.25, 0.3) is 11.0 Å². The van der Waals surface area contributed by atoms with Crippen molar-refractivity contribution in [1.82, 2.24) is 24.6 Å². The van der Waals surface area contributed by atoms with Gasteiger partial charge in [-0.2, -0.15) is 5.10 Å². The van der Waals surface area contributed by atoms with Crippen molar-refractivity contribution < 1.29 is 62.2 Å². The van der Waals surface area contributed by atoms with Crippen LogP contribution < -0.4 is 4.90 Å². The number of aromatic nitrogens is 4. The summed E-state index contributed by atoms with van der Waals surface area (Å²) in [5, 5.41) is 26.2. The van der Waals surface area contributed by atoms with Crippen molar-refractivity contribution in [2.45, 2.75) is 31.5 Å². The summed E-state index contributed by atoms with van der Waals surface area (Å²) >= 11 is 0. The Morgan fingerprint density at radius 2 is 1.56 bits per heavy atom. The number of aliphatic hydroxyl groups is 2. The molecule has 5 N–H and O–H groups in total. The maximum absolute atomic E-state index is 12.0. The van der Waals surface area contributed by atoms with Gasteiger partial charge in [-0.25, -0.2) is 14.6 Å². The summed E-state index contributed by atoms with van der Waals surface area (Å²) < 4.78 is 56.7. The Kier molecular flexibility index (Phi) is 14.7. The minimum atomic E-state index is -4.84. The number of fused-ring (bicyclic) bond motifs is 1. The lowest BCUT2D eigenvalue weighted by Crippen LogP contribution is -2.47. The van der Waals surface area contributed by atoms with Gasteiger partial charge in [-0.05, 0) is 6.92 Å². The van der Waals surface area contributed by atoms with Crippen LogP contribution in [0, 0.1) is 19.3 Å². The van der Waals surface area contributed by atoms with Crippen LogP contribution >= 0.6 is 15.2 Å². The molecule has 2 aliphatic rings. The monoisotopic (exact) mass is 722 g/mol. The molecule has 2 aliphatic heterocycles. The molecule has 0 amide bonds. The Morgan fingerprint density at radius 1 is 0.938 bits per heavy atom. The fourth-order valence-electron chi connectivity index (χ4n) is 5.14. The van der Waals surface area contributed by atoms with E-state index in [0.29, 0.717) is 82.0 Å². The fraction of sp³-hybridized carbons (Fsp3) is 0.741. The summed E-state index contributed by atoms with van der Waals surface area (Å²) in [6.45, 7) is 8.36. The van der Waals surface area contributed by atoms with Gasteiger partial charge in [0.05, 0.1) is 64.4 Å². The van der Waals surface area contributed by atoms with E-state index in [2.05, 4.69) is 30.8 Å². The molecule has 4 heterocycles. The van der Waals surface area contributed by atoms with Crippen molar-refractivity contribution in [2.24, 2.45) is 0 Å². The van der Waals surface area contributed by atoms with Gasteiger partial charge in [0.15, 0.2) is 17.8 Å². The van der Waals surface area contributed by atoms with Crippen molar-refractivity contribution in [1.29, 1.82) is 0 Å². The van der Waals surface area contributed by atoms with Gasteiger partial charge in [0.1, 0.15) is 36.6 Å². The quantitative estimate of drug-likeness (QED) is 0.0620. The minimum Gasteiger partial charge on any atom is -0.387 e. The Labute approximate surface area is 277 Å². The van der Waals surface area contributed by atoms with Gasteiger partial charge in [0, 0.05) is 32.7 Å². The standard InChI is InChI=1S/C27H44N6O13P2/c1-3-9-41-11-13-43-15-16-44-14-12-42-10-8-31-4-6-32(7-5-31)25-21-17-28-33(26(21)30-20(2)29-25)27-24(35)23(34)22(46-27)18-45-48(39,40)19-47(36,37)38/h1,17,22-24,27,34-35H,4-16,18-19H2,2H3,(H,39,40)(H2,36,37,38)/t22-,23-,24-,27-/m1/s1. The number of hydrogen-bond acceptors (Lipinski definition) is 15. The van der Waals surface area contributed by atoms with Crippen LogP contribution in [0.3, 0.4) is 0 Å². The number of anilines is 1. The highest BCUT2D eigenvalue weighted by atomic mass is 31.2. The van der Waals surface area contributed by atoms with Crippen LogP contribution in [0.2, 0.25) is 0 Å². The molecule has 0 radical (unpaired) electrons. The summed E-state index contributed by atoms with van der Waals surface area (Å²) in [7, 11) is -9.54. The Balaban J connectivity index is 1.22. The number of piperazine rings is 1. The molecule has 21 heteroatoms. The zero-order valence-corrected chi connectivity index (χ0v) is 28.4. The number of nitrogens with zero attached hydrogens (tertiary/aromatic N) is 6. The van der Waals surface area contributed by atoms with Crippen molar-refractivity contribution in [3.05, 3.63) is 12.0 Å². The Morgan fingerprint density at radius 3 is 2.19 bits per heavy atom. The molecule has 0 spiro atoms. The molecule has 2 fully saturated rings. The number of aliphatic hydroxyl groups excluding tert-OH is 2. The first-order valence-electron chi connectivity index (χ1n) is 15.3. The zero-order chi connectivity index (χ0) is 34.7. The van der Waals surface area contributed by atoms with E-state index in [-0.39, 0.29) is 6.61 Å². The average molecular weight is 723 g/mol. The van der Waals surface area contributed by atoms with Crippen LogP contribution in [0.1, 0.15) is 12.1 Å². The van der Waals surface area contributed by atoms with E-state index in [4.69, 9.17) is 44.4 Å². The molecular weight excluding hydrogens is 678 g/mol. The van der Waals surface area contributed by atoms with E-state index in [1.807, 2.05) is 0 Å². The first kappa shape index (κ1) is 38.7. The maximum atomic E-state index is 12.0. The first-order valence-corrected chi connectivity index (χ1v) is 18.9. The molecule has 2 aromatic rings. The maximum Gasteiger partial charge on any atom is 0.340 e. The molecule has 2 aromatic heterocycles. The third-order valence-corrected chi connectivity index (χ3v) is 10.9. The normalized spacial score (nSPS) is 23.5. The summed E-state index contributed by atoms with van der Waals surface area (Å²) in [6, 6.07) is 0. The topological polar surface area (TPSA) is 241 Å². The number of terminal acetylenes is 1. The largest absolute Gasteiger partial charge is 0.387 e. The van der Waals surface area contributed by atoms with Gasteiger partial charge in [-0.1, -0.05) is 5.92 Å². The Bertz CT molecular complexity index is 1450. The molecule has 0 aliphatic carbocycles. The molecule has 48 heavy (non-hydrogen) atoms. The van der Waals surface area contributed by atoms with Gasteiger partial charge in [-0.15, -0.1) is 6.42 Å². The smallest absolute Gasteiger partial charge is 0.340 e. The molecule has 1 unspecified atom stereocenters. The molecule has 19 nitrogen and oxygen atoms in total. The van der Waals surface area contributed by atoms with Crippen molar-refractivity contribution >= 4 is 32.0 Å². The lowest BCUT2D eigenvalue weighted by Gasteiger charge is -2.35. The fourth-order valence-corrected chi connectivity index (χ4v) is 7.71. The SMILES string of the molecule is C#CCOCCOCCOCCOCCN1CCN(c2nc(C)nc3c2cnn3[C@@H]2O[C@H](COP(=O)(O)CP(=O)(O)O)[C@@H](O)[C@H]2O)CC1. The van der Waals surface area contributed by atoms with E-state index in [0.717, 1.165) is 19.6 Å². The van der Waals surface area contributed by atoms with E-state index in [9.17, 15) is 24.2 Å². The summed E-state index contributed by atoms with van der Waals surface area (Å²) in [5.74, 6) is 2.11. The van der Waals surface area contributed by atoms with Gasteiger partial charge in [-0.3, -0.25) is 14.0 Å². The van der Waals surface area contributed by atoms with E-state index < -0.39 is 52.2 Å². The summed E-state index contributed by atoms with van der Waals surface area (Å²) in [4.78, 5) is 41.3. The van der Waals surface area contributed by atoms with Crippen molar-refractivity contribution in [3.63, 3.8) is 0 Å². The third kappa shape index (κ3) is 11.5. The average Bonchev–Trinajstić information content (AvgIpc) is 3.57. The minimum absolute atomic E-state index is 0.276. The van der Waals surface area contributed by atoms with Gasteiger partial charge >= 0.3 is 15.2 Å². The second-order valence-electron chi connectivity index (χ2n) is 11.1. The molecule has 4 rings (SSSR count). The van der Waals surface area contributed by atoms with Crippen molar-refractivity contribution in [3.8, 4) is 12.3 Å². The van der Waals surface area contributed by atoms with E-state index in [1.165, 1.54) is 4.68 Å². The molecule has 270 valence electrons. The predicted molar refractivity (Wildman–Crippen MR) is 169 cm³/mol. The summed E-state index contributed by atoms with van der Waals surface area (Å²) in [6.07, 6.45) is 1.07. The summed E-state index contributed by atoms with van der Waals surface area (Å²) in [5.41, 5.74) is 0.350. The number of aryl methyl sites for hydroxylation is 1. The van der Waals surface area contributed by atoms with Crippen LogP contribution in [-0.2, 0) is 37.3 Å². The Hall–Kier alpha value is -2.11. The second-order valence-corrected chi connectivity index (χ2v) is 15.1. The highest BCUT2D eigenvalue weighted by molar-refractivity contribution is 7.70. The highest BCUT2D eigenvalue weighted by Crippen LogP contribution is 2.55. The zero-order valence-electron chi connectivity index (χ0n) is 26.7. The van der Waals surface area contributed by atoms with E-state index in [1.54, 1.807) is 13.1 Å². The van der Waals surface area contributed by atoms with Crippen molar-refractivity contribution in [2.75, 3.05) is 103 Å². The predicted octanol–water partition coefficient (Wildman–Crippen LogP) is -1.09.